The van der Waals surface area contributed by atoms with Gasteiger partial charge in [-0.1, -0.05) is 70.0 Å². The molecular weight excluding hydrogens is 610 g/mol. The van der Waals surface area contributed by atoms with Crippen LogP contribution < -0.4 is 16.0 Å². The molecule has 1 unspecified atom stereocenters. The van der Waals surface area contributed by atoms with E-state index in [1.807, 2.05) is 42.5 Å². The Kier molecular flexibility index (Phi) is 10.2. The molecule has 3 N–H and O–H groups in total. The Morgan fingerprint density at radius 1 is 0.825 bits per heavy atom. The molecule has 3 amide bonds. The topological polar surface area (TPSA) is 87.3 Å². The largest absolute Gasteiger partial charge is 0.324 e. The highest BCUT2D eigenvalue weighted by molar-refractivity contribution is 9.10. The number of nitrogens with one attached hydrogen (secondary N) is 3. The van der Waals surface area contributed by atoms with E-state index in [1.54, 1.807) is 73.7 Å². The van der Waals surface area contributed by atoms with Crippen molar-refractivity contribution in [3.8, 4) is 0 Å². The lowest BCUT2D eigenvalue weighted by molar-refractivity contribution is -0.115. The molecule has 1 atom stereocenters. The van der Waals surface area contributed by atoms with Crippen molar-refractivity contribution in [1.29, 1.82) is 0 Å². The second kappa shape index (κ2) is 14.0. The van der Waals surface area contributed by atoms with Gasteiger partial charge in [0.15, 0.2) is 0 Å². The van der Waals surface area contributed by atoms with Gasteiger partial charge in [-0.25, -0.2) is 0 Å². The molecule has 0 radical (unpaired) electrons. The zero-order valence-corrected chi connectivity index (χ0v) is 24.5. The van der Waals surface area contributed by atoms with E-state index in [-0.39, 0.29) is 16.9 Å². The zero-order valence-electron chi connectivity index (χ0n) is 21.4. The van der Waals surface area contributed by atoms with Crippen LogP contribution in [0.4, 0.5) is 11.4 Å². The van der Waals surface area contributed by atoms with Crippen LogP contribution in [0.5, 0.6) is 0 Å². The second-order valence-corrected chi connectivity index (χ2v) is 11.4. The first-order valence-electron chi connectivity index (χ1n) is 12.3. The molecule has 40 heavy (non-hydrogen) atoms. The lowest BCUT2D eigenvalue weighted by Crippen LogP contribution is -2.30. The number of anilines is 2. The van der Waals surface area contributed by atoms with Gasteiger partial charge in [0, 0.05) is 20.6 Å². The quantitative estimate of drug-likeness (QED) is 0.131. The van der Waals surface area contributed by atoms with Crippen molar-refractivity contribution in [3.05, 3.63) is 129 Å². The van der Waals surface area contributed by atoms with Crippen LogP contribution in [0.3, 0.4) is 0 Å². The van der Waals surface area contributed by atoms with Crippen molar-refractivity contribution in [2.75, 3.05) is 10.6 Å². The number of carbonyl (C=O) groups excluding carboxylic acids is 3. The Morgan fingerprint density at radius 3 is 2.15 bits per heavy atom. The second-order valence-electron chi connectivity index (χ2n) is 8.64. The summed E-state index contributed by atoms with van der Waals surface area (Å²) in [5.74, 6) is -1.04. The lowest BCUT2D eigenvalue weighted by atomic mass is 10.1. The number of rotatable bonds is 9. The molecule has 0 fully saturated rings. The predicted molar refractivity (Wildman–Crippen MR) is 166 cm³/mol. The predicted octanol–water partition coefficient (Wildman–Crippen LogP) is 7.63. The zero-order chi connectivity index (χ0) is 28.5. The molecule has 0 spiro atoms. The number of amides is 3. The molecule has 4 rings (SSSR count). The lowest BCUT2D eigenvalue weighted by Gasteiger charge is -2.14. The Balaban J connectivity index is 1.43. The monoisotopic (exact) mass is 633 g/mol. The van der Waals surface area contributed by atoms with E-state index in [2.05, 4.69) is 31.9 Å². The minimum Gasteiger partial charge on any atom is -0.324 e. The van der Waals surface area contributed by atoms with E-state index >= 15 is 0 Å². The maximum absolute atomic E-state index is 13.2. The van der Waals surface area contributed by atoms with E-state index in [9.17, 15) is 14.4 Å². The summed E-state index contributed by atoms with van der Waals surface area (Å²) in [6.07, 6.45) is 1.62. The van der Waals surface area contributed by atoms with E-state index in [4.69, 9.17) is 11.6 Å². The highest BCUT2D eigenvalue weighted by Crippen LogP contribution is 2.27. The highest BCUT2D eigenvalue weighted by Gasteiger charge is 2.17. The Hall–Kier alpha value is -3.85. The molecule has 0 aliphatic carbocycles. The normalized spacial score (nSPS) is 11.8. The van der Waals surface area contributed by atoms with Crippen molar-refractivity contribution in [3.63, 3.8) is 0 Å². The molecule has 4 aromatic carbocycles. The summed E-state index contributed by atoms with van der Waals surface area (Å²) in [5, 5.41) is 8.50. The van der Waals surface area contributed by atoms with E-state index in [1.165, 1.54) is 11.8 Å². The third-order valence-electron chi connectivity index (χ3n) is 5.64. The molecule has 0 saturated heterocycles. The minimum atomic E-state index is -0.472. The van der Waals surface area contributed by atoms with Crippen molar-refractivity contribution in [1.82, 2.24) is 5.32 Å². The summed E-state index contributed by atoms with van der Waals surface area (Å²) in [7, 11) is 0. The standard InChI is InChI=1S/C31H25BrClN3O3S/c1-20(29(37)35-27-10-6-5-9-26(27)33)40-25-17-15-24(16-18-25)34-31(39)28(19-21-11-13-23(32)14-12-21)36-30(38)22-7-3-2-4-8-22/h2-20H,1H3,(H,34,39)(H,35,37)(H,36,38)/b28-19-. The fourth-order valence-corrected chi connectivity index (χ4v) is 4.85. The number of hydrogen-bond donors (Lipinski definition) is 3. The van der Waals surface area contributed by atoms with E-state index in [0.29, 0.717) is 22.0 Å². The number of thioether (sulfide) groups is 1. The molecule has 4 aromatic rings. The highest BCUT2D eigenvalue weighted by atomic mass is 79.9. The maximum Gasteiger partial charge on any atom is 0.272 e. The van der Waals surface area contributed by atoms with Gasteiger partial charge in [0.25, 0.3) is 11.8 Å². The van der Waals surface area contributed by atoms with Crippen LogP contribution in [0.2, 0.25) is 5.02 Å². The first-order valence-corrected chi connectivity index (χ1v) is 14.3. The van der Waals surface area contributed by atoms with Gasteiger partial charge in [-0.05, 0) is 79.2 Å². The van der Waals surface area contributed by atoms with Gasteiger partial charge in [0.2, 0.25) is 5.91 Å². The average molecular weight is 635 g/mol. The summed E-state index contributed by atoms with van der Waals surface area (Å²) < 4.78 is 0.901. The van der Waals surface area contributed by atoms with Crippen LogP contribution in [0.1, 0.15) is 22.8 Å². The maximum atomic E-state index is 13.2. The molecule has 0 bridgehead atoms. The smallest absolute Gasteiger partial charge is 0.272 e. The van der Waals surface area contributed by atoms with Crippen LogP contribution >= 0.6 is 39.3 Å². The number of halogens is 2. The van der Waals surface area contributed by atoms with E-state index < -0.39 is 11.8 Å². The summed E-state index contributed by atoms with van der Waals surface area (Å²) in [4.78, 5) is 39.5. The van der Waals surface area contributed by atoms with Crippen LogP contribution in [0.15, 0.2) is 118 Å². The minimum absolute atomic E-state index is 0.0968. The van der Waals surface area contributed by atoms with E-state index in [0.717, 1.165) is 14.9 Å². The molecule has 6 nitrogen and oxygen atoms in total. The first-order chi connectivity index (χ1) is 19.3. The first kappa shape index (κ1) is 29.1. The Labute approximate surface area is 250 Å². The SMILES string of the molecule is CC(Sc1ccc(NC(=O)/C(=C/c2ccc(Br)cc2)NC(=O)c2ccccc2)cc1)C(=O)Nc1ccccc1Cl. The molecule has 0 aromatic heterocycles. The van der Waals surface area contributed by atoms with Gasteiger partial charge in [0.05, 0.1) is 16.0 Å². The fraction of sp³-hybridized carbons (Fsp3) is 0.0645. The Bertz CT molecular complexity index is 1530. The molecule has 202 valence electrons. The number of carbonyl (C=O) groups is 3. The van der Waals surface area contributed by atoms with Crippen LogP contribution in [-0.2, 0) is 9.59 Å². The van der Waals surface area contributed by atoms with Gasteiger partial charge in [0.1, 0.15) is 5.70 Å². The number of benzene rings is 4. The fourth-order valence-electron chi connectivity index (χ4n) is 3.54. The molecular formula is C31H25BrClN3O3S. The van der Waals surface area contributed by atoms with Gasteiger partial charge in [-0.3, -0.25) is 14.4 Å². The Morgan fingerprint density at radius 2 is 1.48 bits per heavy atom. The van der Waals surface area contributed by atoms with Gasteiger partial charge in [-0.2, -0.15) is 0 Å². The van der Waals surface area contributed by atoms with Gasteiger partial charge < -0.3 is 16.0 Å². The summed E-state index contributed by atoms with van der Waals surface area (Å²) in [6.45, 7) is 1.81. The molecule has 0 saturated carbocycles. The third-order valence-corrected chi connectivity index (χ3v) is 7.61. The van der Waals surface area contributed by atoms with Crippen molar-refractivity contribution < 1.29 is 14.4 Å². The summed E-state index contributed by atoms with van der Waals surface area (Å²) in [5.41, 5.74) is 2.38. The molecule has 0 heterocycles. The van der Waals surface area contributed by atoms with Crippen molar-refractivity contribution >= 4 is 74.5 Å². The van der Waals surface area contributed by atoms with Crippen molar-refractivity contribution in [2.24, 2.45) is 0 Å². The van der Waals surface area contributed by atoms with Crippen LogP contribution in [0, 0.1) is 0 Å². The average Bonchev–Trinajstić information content (AvgIpc) is 2.96. The molecule has 9 heteroatoms. The third kappa shape index (κ3) is 8.32. The van der Waals surface area contributed by atoms with Crippen molar-refractivity contribution in [2.45, 2.75) is 17.1 Å². The van der Waals surface area contributed by atoms with Gasteiger partial charge >= 0.3 is 0 Å². The number of para-hydroxylation sites is 1. The van der Waals surface area contributed by atoms with Crippen LogP contribution in [-0.4, -0.2) is 23.0 Å². The molecule has 0 aliphatic heterocycles. The summed E-state index contributed by atoms with van der Waals surface area (Å²) in [6, 6.07) is 30.3. The summed E-state index contributed by atoms with van der Waals surface area (Å²) >= 11 is 10.9. The molecule has 0 aliphatic rings. The van der Waals surface area contributed by atoms with Crippen LogP contribution in [0.25, 0.3) is 6.08 Å². The number of hydrogen-bond acceptors (Lipinski definition) is 4. The van der Waals surface area contributed by atoms with Gasteiger partial charge in [-0.15, -0.1) is 11.8 Å².